The van der Waals surface area contributed by atoms with Gasteiger partial charge < -0.3 is 16.0 Å². The summed E-state index contributed by atoms with van der Waals surface area (Å²) >= 11 is 0. The molecule has 0 spiro atoms. The van der Waals surface area contributed by atoms with Crippen molar-refractivity contribution in [3.63, 3.8) is 0 Å². The molecule has 1 aliphatic rings. The Balaban J connectivity index is 1.38. The third-order valence-electron chi connectivity index (χ3n) is 4.95. The van der Waals surface area contributed by atoms with E-state index in [9.17, 15) is 9.59 Å². The Labute approximate surface area is 159 Å². The van der Waals surface area contributed by atoms with Gasteiger partial charge in [0.15, 0.2) is 5.65 Å². The molecule has 1 fully saturated rings. The molecule has 3 rings (SSSR count). The summed E-state index contributed by atoms with van der Waals surface area (Å²) in [7, 11) is 1.85. The van der Waals surface area contributed by atoms with Crippen molar-refractivity contribution in [3.8, 4) is 0 Å². The van der Waals surface area contributed by atoms with Crippen LogP contribution in [0.5, 0.6) is 0 Å². The van der Waals surface area contributed by atoms with E-state index < -0.39 is 0 Å². The lowest BCUT2D eigenvalue weighted by molar-refractivity contribution is -0.116. The van der Waals surface area contributed by atoms with E-state index in [-0.39, 0.29) is 11.9 Å². The average Bonchev–Trinajstić information content (AvgIpc) is 2.93. The van der Waals surface area contributed by atoms with Gasteiger partial charge in [0.25, 0.3) is 0 Å². The Morgan fingerprint density at radius 3 is 2.81 bits per heavy atom. The number of hydrogen-bond donors (Lipinski definition) is 3. The highest BCUT2D eigenvalue weighted by molar-refractivity contribution is 5.93. The molecule has 0 bridgehead atoms. The summed E-state index contributed by atoms with van der Waals surface area (Å²) in [5.74, 6) is -0.0906. The molecule has 1 saturated carbocycles. The highest BCUT2D eigenvalue weighted by Gasteiger charge is 2.15. The zero-order valence-corrected chi connectivity index (χ0v) is 16.0. The highest BCUT2D eigenvalue weighted by Crippen LogP contribution is 2.19. The minimum atomic E-state index is -0.135. The van der Waals surface area contributed by atoms with E-state index in [2.05, 4.69) is 26.0 Å². The number of carbonyl (C=O) groups is 2. The zero-order valence-electron chi connectivity index (χ0n) is 16.0. The van der Waals surface area contributed by atoms with Crippen LogP contribution < -0.4 is 16.0 Å². The van der Waals surface area contributed by atoms with E-state index in [4.69, 9.17) is 0 Å². The second-order valence-electron chi connectivity index (χ2n) is 7.19. The van der Waals surface area contributed by atoms with Crippen LogP contribution in [0.4, 0.5) is 10.5 Å². The number of nitrogens with one attached hydrogen (secondary N) is 3. The Bertz CT molecular complexity index is 810. The van der Waals surface area contributed by atoms with Crippen molar-refractivity contribution >= 4 is 28.7 Å². The van der Waals surface area contributed by atoms with Crippen molar-refractivity contribution in [2.75, 3.05) is 11.9 Å². The molecule has 0 aliphatic heterocycles. The van der Waals surface area contributed by atoms with Crippen LogP contribution in [0.15, 0.2) is 12.3 Å². The quantitative estimate of drug-likeness (QED) is 0.679. The largest absolute Gasteiger partial charge is 0.338 e. The van der Waals surface area contributed by atoms with Gasteiger partial charge in [-0.1, -0.05) is 19.3 Å². The average molecular weight is 372 g/mol. The number of hydrogen-bond acceptors (Lipinski definition) is 4. The maximum atomic E-state index is 12.1. The van der Waals surface area contributed by atoms with Gasteiger partial charge in [-0.05, 0) is 32.3 Å². The molecule has 27 heavy (non-hydrogen) atoms. The predicted octanol–water partition coefficient (Wildman–Crippen LogP) is 2.63. The standard InChI is InChI=1S/C19H28N6O2/c1-13-16-11-15(12-21-18(16)25(2)24-13)22-17(26)9-6-10-20-19(27)23-14-7-4-3-5-8-14/h11-12,14H,3-10H2,1-2H3,(H,22,26)(H2,20,23,27). The minimum Gasteiger partial charge on any atom is -0.338 e. The predicted molar refractivity (Wildman–Crippen MR) is 105 cm³/mol. The lowest BCUT2D eigenvalue weighted by atomic mass is 9.96. The Hall–Kier alpha value is -2.64. The fourth-order valence-corrected chi connectivity index (χ4v) is 3.53. The lowest BCUT2D eigenvalue weighted by Gasteiger charge is -2.22. The first-order valence-electron chi connectivity index (χ1n) is 9.66. The number of aryl methyl sites for hydroxylation is 2. The van der Waals surface area contributed by atoms with Gasteiger partial charge in [0.2, 0.25) is 5.91 Å². The second-order valence-corrected chi connectivity index (χ2v) is 7.19. The molecule has 0 radical (unpaired) electrons. The molecular formula is C19H28N6O2. The summed E-state index contributed by atoms with van der Waals surface area (Å²) in [6, 6.07) is 2.04. The van der Waals surface area contributed by atoms with Crippen LogP contribution in [-0.2, 0) is 11.8 Å². The second kappa shape index (κ2) is 8.83. The van der Waals surface area contributed by atoms with E-state index in [0.717, 1.165) is 29.6 Å². The van der Waals surface area contributed by atoms with Crippen LogP contribution in [-0.4, -0.2) is 39.3 Å². The van der Waals surface area contributed by atoms with Crippen LogP contribution in [0.2, 0.25) is 0 Å². The van der Waals surface area contributed by atoms with Crippen LogP contribution in [0.1, 0.15) is 50.6 Å². The van der Waals surface area contributed by atoms with E-state index in [0.29, 0.717) is 31.1 Å². The molecule has 0 unspecified atom stereocenters. The van der Waals surface area contributed by atoms with Gasteiger partial charge >= 0.3 is 6.03 Å². The Morgan fingerprint density at radius 2 is 2.04 bits per heavy atom. The molecule has 146 valence electrons. The van der Waals surface area contributed by atoms with Crippen LogP contribution in [0, 0.1) is 6.92 Å². The number of pyridine rings is 1. The number of nitrogens with zero attached hydrogens (tertiary/aromatic N) is 3. The number of rotatable bonds is 6. The van der Waals surface area contributed by atoms with E-state index >= 15 is 0 Å². The molecule has 1 aliphatic carbocycles. The lowest BCUT2D eigenvalue weighted by Crippen LogP contribution is -2.43. The highest BCUT2D eigenvalue weighted by atomic mass is 16.2. The third-order valence-corrected chi connectivity index (χ3v) is 4.95. The molecule has 3 amide bonds. The van der Waals surface area contributed by atoms with Gasteiger partial charge in [-0.15, -0.1) is 0 Å². The Kier molecular flexibility index (Phi) is 6.26. The van der Waals surface area contributed by atoms with E-state index in [1.807, 2.05) is 20.0 Å². The molecule has 0 aromatic carbocycles. The number of urea groups is 1. The monoisotopic (exact) mass is 372 g/mol. The minimum absolute atomic E-state index is 0.0906. The molecule has 0 atom stereocenters. The van der Waals surface area contributed by atoms with Gasteiger partial charge in [0, 0.05) is 31.4 Å². The third kappa shape index (κ3) is 5.18. The van der Waals surface area contributed by atoms with Gasteiger partial charge in [-0.3, -0.25) is 9.48 Å². The van der Waals surface area contributed by atoms with Gasteiger partial charge in [-0.2, -0.15) is 5.10 Å². The molecule has 8 nitrogen and oxygen atoms in total. The van der Waals surface area contributed by atoms with Crippen molar-refractivity contribution in [1.82, 2.24) is 25.4 Å². The molecule has 8 heteroatoms. The normalized spacial score (nSPS) is 14.9. The molecule has 2 heterocycles. The van der Waals surface area contributed by atoms with Crippen LogP contribution in [0.3, 0.4) is 0 Å². The van der Waals surface area contributed by atoms with Gasteiger partial charge in [0.05, 0.1) is 17.6 Å². The van der Waals surface area contributed by atoms with E-state index in [1.54, 1.807) is 10.9 Å². The van der Waals surface area contributed by atoms with Crippen LogP contribution in [0.25, 0.3) is 11.0 Å². The maximum Gasteiger partial charge on any atom is 0.315 e. The number of amides is 3. The fourth-order valence-electron chi connectivity index (χ4n) is 3.53. The number of anilines is 1. The summed E-state index contributed by atoms with van der Waals surface area (Å²) in [6.07, 6.45) is 8.32. The summed E-state index contributed by atoms with van der Waals surface area (Å²) in [5, 5.41) is 13.9. The van der Waals surface area contributed by atoms with Gasteiger partial charge in [0.1, 0.15) is 0 Å². The van der Waals surface area contributed by atoms with Crippen molar-refractivity contribution in [2.45, 2.75) is 57.9 Å². The number of fused-ring (bicyclic) bond motifs is 1. The zero-order chi connectivity index (χ0) is 19.2. The SMILES string of the molecule is Cc1nn(C)c2ncc(NC(=O)CCCNC(=O)NC3CCCCC3)cc12. The van der Waals surface area contributed by atoms with E-state index in [1.165, 1.54) is 19.3 Å². The Morgan fingerprint density at radius 1 is 1.26 bits per heavy atom. The van der Waals surface area contributed by atoms with Crippen molar-refractivity contribution in [3.05, 3.63) is 18.0 Å². The van der Waals surface area contributed by atoms with Crippen molar-refractivity contribution in [2.24, 2.45) is 7.05 Å². The van der Waals surface area contributed by atoms with Gasteiger partial charge in [-0.25, -0.2) is 9.78 Å². The summed E-state index contributed by atoms with van der Waals surface area (Å²) in [4.78, 5) is 28.3. The first-order valence-corrected chi connectivity index (χ1v) is 9.66. The molecular weight excluding hydrogens is 344 g/mol. The molecule has 0 saturated heterocycles. The summed E-state index contributed by atoms with van der Waals surface area (Å²) in [5.41, 5.74) is 2.33. The molecule has 2 aromatic heterocycles. The molecule has 2 aromatic rings. The first kappa shape index (κ1) is 19.1. The van der Waals surface area contributed by atoms with Crippen molar-refractivity contribution in [1.29, 1.82) is 0 Å². The number of carbonyl (C=O) groups excluding carboxylic acids is 2. The summed E-state index contributed by atoms with van der Waals surface area (Å²) in [6.45, 7) is 2.39. The number of aromatic nitrogens is 3. The first-order chi connectivity index (χ1) is 13.0. The maximum absolute atomic E-state index is 12.1. The van der Waals surface area contributed by atoms with Crippen molar-refractivity contribution < 1.29 is 9.59 Å². The molecule has 3 N–H and O–H groups in total. The fraction of sp³-hybridized carbons (Fsp3) is 0.579. The topological polar surface area (TPSA) is 101 Å². The summed E-state index contributed by atoms with van der Waals surface area (Å²) < 4.78 is 1.72. The smallest absolute Gasteiger partial charge is 0.315 e. The van der Waals surface area contributed by atoms with Crippen LogP contribution >= 0.6 is 0 Å².